The molecule has 2 N–H and O–H groups in total. The van der Waals surface area contributed by atoms with E-state index in [2.05, 4.69) is 11.9 Å². The van der Waals surface area contributed by atoms with Crippen LogP contribution in [-0.2, 0) is 0 Å². The summed E-state index contributed by atoms with van der Waals surface area (Å²) < 4.78 is 0. The summed E-state index contributed by atoms with van der Waals surface area (Å²) in [6.45, 7) is 2.21. The molecule has 1 aromatic rings. The van der Waals surface area contributed by atoms with Crippen molar-refractivity contribution >= 4 is 17.2 Å². The van der Waals surface area contributed by atoms with Gasteiger partial charge in [-0.05, 0) is 18.6 Å². The smallest absolute Gasteiger partial charge is 0.0819 e. The number of unbranched alkanes of at least 4 members (excludes halogenated alkanes) is 3. The fourth-order valence-electron chi connectivity index (χ4n) is 1.79. The molecule has 0 fully saturated rings. The van der Waals surface area contributed by atoms with Gasteiger partial charge >= 0.3 is 0 Å². The van der Waals surface area contributed by atoms with Crippen LogP contribution in [0.2, 0.25) is 0 Å². The number of hydrogen-bond acceptors (Lipinski definition) is 2. The Hall–Kier alpha value is -0.960. The molecule has 2 nitrogen and oxygen atoms in total. The number of pyridine rings is 1. The van der Waals surface area contributed by atoms with Crippen LogP contribution < -0.4 is 5.73 Å². The predicted molar refractivity (Wildman–Crippen MR) is 72.5 cm³/mol. The van der Waals surface area contributed by atoms with E-state index in [9.17, 15) is 0 Å². The first-order valence-corrected chi connectivity index (χ1v) is 6.36. The molecule has 0 spiro atoms. The van der Waals surface area contributed by atoms with Crippen molar-refractivity contribution in [3.8, 4) is 0 Å². The summed E-state index contributed by atoms with van der Waals surface area (Å²) in [4.78, 5) is 4.90. The molecule has 0 aliphatic rings. The molecular weight excluding hydrogens is 216 g/mol. The second-order valence-corrected chi connectivity index (χ2v) is 4.53. The molecule has 0 unspecified atom stereocenters. The molecule has 1 atom stereocenters. The zero-order valence-electron chi connectivity index (χ0n) is 9.86. The van der Waals surface area contributed by atoms with E-state index in [4.69, 9.17) is 18.0 Å². The van der Waals surface area contributed by atoms with E-state index >= 15 is 0 Å². The normalized spacial score (nSPS) is 12.3. The van der Waals surface area contributed by atoms with Crippen LogP contribution in [0.5, 0.6) is 0 Å². The molecule has 88 valence electrons. The van der Waals surface area contributed by atoms with Crippen molar-refractivity contribution in [1.29, 1.82) is 0 Å². The largest absolute Gasteiger partial charge is 0.393 e. The maximum atomic E-state index is 5.77. The maximum Gasteiger partial charge on any atom is 0.0819 e. The molecular formula is C13H20N2S. The average Bonchev–Trinajstić information content (AvgIpc) is 2.30. The highest BCUT2D eigenvalue weighted by Crippen LogP contribution is 2.21. The third-order valence-electron chi connectivity index (χ3n) is 2.73. The lowest BCUT2D eigenvalue weighted by Crippen LogP contribution is -2.20. The van der Waals surface area contributed by atoms with Gasteiger partial charge in [0.2, 0.25) is 0 Å². The van der Waals surface area contributed by atoms with Gasteiger partial charge in [0.15, 0.2) is 0 Å². The maximum absolute atomic E-state index is 5.77. The molecule has 0 aliphatic heterocycles. The van der Waals surface area contributed by atoms with Gasteiger partial charge in [0.25, 0.3) is 0 Å². The molecule has 0 saturated carbocycles. The summed E-state index contributed by atoms with van der Waals surface area (Å²) in [6.07, 6.45) is 7.78. The fraction of sp³-hybridized carbons (Fsp3) is 0.538. The van der Waals surface area contributed by atoms with Gasteiger partial charge in [0.1, 0.15) is 0 Å². The summed E-state index contributed by atoms with van der Waals surface area (Å²) in [5.74, 6) is 0.146. The van der Waals surface area contributed by atoms with Gasteiger partial charge in [-0.15, -0.1) is 0 Å². The minimum Gasteiger partial charge on any atom is -0.393 e. The Morgan fingerprint density at radius 3 is 2.75 bits per heavy atom. The Balaban J connectivity index is 2.52. The zero-order chi connectivity index (χ0) is 11.8. The van der Waals surface area contributed by atoms with Crippen LogP contribution in [-0.4, -0.2) is 9.97 Å². The van der Waals surface area contributed by atoms with E-state index < -0.39 is 0 Å². The minimum absolute atomic E-state index is 0.146. The van der Waals surface area contributed by atoms with Crippen molar-refractivity contribution in [2.75, 3.05) is 0 Å². The van der Waals surface area contributed by atoms with Gasteiger partial charge in [-0.2, -0.15) is 0 Å². The lowest BCUT2D eigenvalue weighted by Gasteiger charge is -2.14. The number of nitrogens with two attached hydrogens (primary N) is 1. The fourth-order valence-corrected chi connectivity index (χ4v) is 2.03. The molecule has 3 heteroatoms. The van der Waals surface area contributed by atoms with E-state index in [0.29, 0.717) is 4.99 Å². The summed E-state index contributed by atoms with van der Waals surface area (Å²) in [7, 11) is 0. The van der Waals surface area contributed by atoms with E-state index in [1.807, 2.05) is 18.2 Å². The molecule has 0 bridgehead atoms. The molecule has 1 aromatic heterocycles. The van der Waals surface area contributed by atoms with Crippen LogP contribution >= 0.6 is 12.2 Å². The first-order chi connectivity index (χ1) is 7.75. The number of thiocarbonyl (C=S) groups is 1. The van der Waals surface area contributed by atoms with Gasteiger partial charge in [0, 0.05) is 6.20 Å². The highest BCUT2D eigenvalue weighted by Gasteiger charge is 2.14. The van der Waals surface area contributed by atoms with Gasteiger partial charge in [0.05, 0.1) is 16.6 Å². The van der Waals surface area contributed by atoms with Crippen LogP contribution in [0.3, 0.4) is 0 Å². The highest BCUT2D eigenvalue weighted by atomic mass is 32.1. The quantitative estimate of drug-likeness (QED) is 0.582. The van der Waals surface area contributed by atoms with E-state index in [0.717, 1.165) is 12.1 Å². The number of hydrogen-bond donors (Lipinski definition) is 1. The van der Waals surface area contributed by atoms with Crippen LogP contribution in [0.15, 0.2) is 24.4 Å². The van der Waals surface area contributed by atoms with Gasteiger partial charge < -0.3 is 5.73 Å². The Morgan fingerprint density at radius 1 is 1.38 bits per heavy atom. The molecule has 16 heavy (non-hydrogen) atoms. The Morgan fingerprint density at radius 2 is 2.19 bits per heavy atom. The van der Waals surface area contributed by atoms with Crippen molar-refractivity contribution in [3.05, 3.63) is 30.1 Å². The van der Waals surface area contributed by atoms with Crippen molar-refractivity contribution in [2.24, 2.45) is 5.73 Å². The number of nitrogens with zero attached hydrogens (tertiary/aromatic N) is 1. The summed E-state index contributed by atoms with van der Waals surface area (Å²) in [5, 5.41) is 0. The third kappa shape index (κ3) is 4.27. The SMILES string of the molecule is CCCCCC[C@H](C(N)=S)c1ccccn1. The zero-order valence-corrected chi connectivity index (χ0v) is 10.7. The van der Waals surface area contributed by atoms with E-state index in [-0.39, 0.29) is 5.92 Å². The first kappa shape index (κ1) is 13.1. The van der Waals surface area contributed by atoms with Crippen molar-refractivity contribution in [1.82, 2.24) is 4.98 Å². The summed E-state index contributed by atoms with van der Waals surface area (Å²) in [5.41, 5.74) is 6.78. The van der Waals surface area contributed by atoms with Crippen LogP contribution in [0.25, 0.3) is 0 Å². The molecule has 0 saturated heterocycles. The Bertz CT molecular complexity index is 311. The molecule has 0 aliphatic carbocycles. The summed E-state index contributed by atoms with van der Waals surface area (Å²) >= 11 is 5.11. The van der Waals surface area contributed by atoms with Gasteiger partial charge in [-0.3, -0.25) is 4.98 Å². The topological polar surface area (TPSA) is 38.9 Å². The van der Waals surface area contributed by atoms with Crippen molar-refractivity contribution in [2.45, 2.75) is 44.9 Å². The monoisotopic (exact) mass is 236 g/mol. The van der Waals surface area contributed by atoms with Crippen LogP contribution in [0.4, 0.5) is 0 Å². The number of rotatable bonds is 7. The lowest BCUT2D eigenvalue weighted by molar-refractivity contribution is 0.610. The van der Waals surface area contributed by atoms with Crippen LogP contribution in [0.1, 0.15) is 50.6 Å². The molecule has 0 radical (unpaired) electrons. The predicted octanol–water partition coefficient (Wildman–Crippen LogP) is 3.42. The van der Waals surface area contributed by atoms with Crippen molar-refractivity contribution in [3.63, 3.8) is 0 Å². The Kier molecular flexibility index (Phi) is 6.01. The van der Waals surface area contributed by atoms with E-state index in [1.165, 1.54) is 25.7 Å². The molecule has 0 amide bonds. The van der Waals surface area contributed by atoms with Gasteiger partial charge in [-0.25, -0.2) is 0 Å². The lowest BCUT2D eigenvalue weighted by atomic mass is 9.97. The second-order valence-electron chi connectivity index (χ2n) is 4.06. The van der Waals surface area contributed by atoms with Gasteiger partial charge in [-0.1, -0.05) is 50.9 Å². The number of aromatic nitrogens is 1. The minimum atomic E-state index is 0.146. The van der Waals surface area contributed by atoms with Crippen LogP contribution in [0, 0.1) is 0 Å². The highest BCUT2D eigenvalue weighted by molar-refractivity contribution is 7.80. The van der Waals surface area contributed by atoms with E-state index in [1.54, 1.807) is 6.20 Å². The third-order valence-corrected chi connectivity index (χ3v) is 3.02. The van der Waals surface area contributed by atoms with Crippen molar-refractivity contribution < 1.29 is 0 Å². The second kappa shape index (κ2) is 7.34. The summed E-state index contributed by atoms with van der Waals surface area (Å²) in [6, 6.07) is 5.90. The molecule has 1 rings (SSSR count). The molecule has 0 aromatic carbocycles. The molecule has 1 heterocycles. The first-order valence-electron chi connectivity index (χ1n) is 5.96. The standard InChI is InChI=1S/C13H20N2S/c1-2-3-4-5-8-11(13(14)16)12-9-6-7-10-15-12/h6-7,9-11H,2-5,8H2,1H3,(H2,14,16)/t11-/m0/s1. The Labute approximate surface area is 103 Å². The average molecular weight is 236 g/mol.